The molecule has 0 aliphatic heterocycles. The molecule has 0 aromatic heterocycles. The fourth-order valence-electron chi connectivity index (χ4n) is 0.890. The van der Waals surface area contributed by atoms with Gasteiger partial charge in [0.1, 0.15) is 11.6 Å². The number of nitrogens with one attached hydrogen (secondary N) is 1. The molecule has 0 heterocycles. The second-order valence-corrected chi connectivity index (χ2v) is 4.53. The Bertz CT molecular complexity index is 308. The van der Waals surface area contributed by atoms with E-state index < -0.39 is 29.6 Å². The van der Waals surface area contributed by atoms with Crippen LogP contribution in [0.5, 0.6) is 0 Å². The Morgan fingerprint density at radius 1 is 1.35 bits per heavy atom. The van der Waals surface area contributed by atoms with E-state index in [-0.39, 0.29) is 12.8 Å². The number of carbonyl (C=O) groups excluding carboxylic acids is 2. The van der Waals surface area contributed by atoms with Crippen LogP contribution in [0.3, 0.4) is 0 Å². The highest BCUT2D eigenvalue weighted by molar-refractivity contribution is 5.92. The van der Waals surface area contributed by atoms with E-state index in [0.29, 0.717) is 0 Å². The van der Waals surface area contributed by atoms with Gasteiger partial charge in [0.2, 0.25) is 5.91 Å². The van der Waals surface area contributed by atoms with Crippen molar-refractivity contribution in [2.75, 3.05) is 0 Å². The largest absolute Gasteiger partial charge is 0.480 e. The van der Waals surface area contributed by atoms with Crippen molar-refractivity contribution in [3.63, 3.8) is 0 Å². The summed E-state index contributed by atoms with van der Waals surface area (Å²) in [5, 5.41) is 10.5. The fourth-order valence-corrected chi connectivity index (χ4v) is 0.890. The van der Waals surface area contributed by atoms with E-state index in [1.54, 1.807) is 20.8 Å². The molecule has 98 valence electrons. The van der Waals surface area contributed by atoms with Gasteiger partial charge in [0.25, 0.3) is 0 Å². The maximum absolute atomic E-state index is 11.2. The van der Waals surface area contributed by atoms with Gasteiger partial charge in [0, 0.05) is 6.42 Å². The number of imide groups is 1. The van der Waals surface area contributed by atoms with E-state index in [9.17, 15) is 14.4 Å². The second-order valence-electron chi connectivity index (χ2n) is 4.53. The summed E-state index contributed by atoms with van der Waals surface area (Å²) in [5.74, 6) is -1.80. The summed E-state index contributed by atoms with van der Waals surface area (Å²) in [6, 6.07) is -1.11. The first kappa shape index (κ1) is 15.4. The van der Waals surface area contributed by atoms with Gasteiger partial charge in [-0.1, -0.05) is 0 Å². The van der Waals surface area contributed by atoms with Gasteiger partial charge in [0.15, 0.2) is 0 Å². The monoisotopic (exact) mass is 246 g/mol. The van der Waals surface area contributed by atoms with E-state index in [4.69, 9.17) is 15.6 Å². The van der Waals surface area contributed by atoms with Gasteiger partial charge >= 0.3 is 12.1 Å². The lowest BCUT2D eigenvalue weighted by Crippen LogP contribution is -2.37. The quantitative estimate of drug-likeness (QED) is 0.653. The van der Waals surface area contributed by atoms with Gasteiger partial charge in [-0.15, -0.1) is 0 Å². The lowest BCUT2D eigenvalue weighted by atomic mass is 10.1. The van der Waals surface area contributed by atoms with Crippen molar-refractivity contribution in [3.8, 4) is 0 Å². The van der Waals surface area contributed by atoms with E-state index >= 15 is 0 Å². The molecule has 0 aromatic carbocycles. The van der Waals surface area contributed by atoms with Crippen LogP contribution < -0.4 is 11.1 Å². The Labute approximate surface area is 99.3 Å². The van der Waals surface area contributed by atoms with Crippen LogP contribution in [0.15, 0.2) is 0 Å². The molecule has 0 bridgehead atoms. The van der Waals surface area contributed by atoms with Crippen molar-refractivity contribution >= 4 is 18.0 Å². The van der Waals surface area contributed by atoms with Crippen LogP contribution in [0, 0.1) is 0 Å². The molecule has 0 unspecified atom stereocenters. The Kier molecular flexibility index (Phi) is 5.60. The molecule has 0 radical (unpaired) electrons. The Balaban J connectivity index is 3.95. The number of hydrogen-bond donors (Lipinski definition) is 3. The van der Waals surface area contributed by atoms with Crippen molar-refractivity contribution < 1.29 is 24.2 Å². The van der Waals surface area contributed by atoms with Crippen LogP contribution in [0.2, 0.25) is 0 Å². The van der Waals surface area contributed by atoms with E-state index in [1.165, 1.54) is 0 Å². The molecule has 2 amide bonds. The summed E-state index contributed by atoms with van der Waals surface area (Å²) >= 11 is 0. The summed E-state index contributed by atoms with van der Waals surface area (Å²) in [4.78, 5) is 32.7. The van der Waals surface area contributed by atoms with Crippen LogP contribution >= 0.6 is 0 Å². The maximum Gasteiger partial charge on any atom is 0.414 e. The third-order valence-electron chi connectivity index (χ3n) is 1.64. The minimum absolute atomic E-state index is 0.0377. The topological polar surface area (TPSA) is 119 Å². The molecule has 0 saturated carbocycles. The first-order valence-corrected chi connectivity index (χ1v) is 5.13. The fraction of sp³-hybridized carbons (Fsp3) is 0.700. The van der Waals surface area contributed by atoms with Crippen LogP contribution in [-0.2, 0) is 14.3 Å². The molecule has 0 aliphatic carbocycles. The number of aliphatic carboxylic acids is 1. The lowest BCUT2D eigenvalue weighted by molar-refractivity contribution is -0.138. The SMILES string of the molecule is CC(C)(C)OC(=O)NC(=O)CC[C@@H](N)C(=O)O. The molecule has 0 aliphatic rings. The first-order valence-electron chi connectivity index (χ1n) is 5.13. The Morgan fingerprint density at radius 3 is 2.29 bits per heavy atom. The van der Waals surface area contributed by atoms with Crippen molar-refractivity contribution in [2.24, 2.45) is 5.73 Å². The van der Waals surface area contributed by atoms with Crippen LogP contribution in [0.4, 0.5) is 4.79 Å². The highest BCUT2D eigenvalue weighted by Crippen LogP contribution is 2.06. The smallest absolute Gasteiger partial charge is 0.414 e. The van der Waals surface area contributed by atoms with Gasteiger partial charge in [-0.05, 0) is 27.2 Å². The van der Waals surface area contributed by atoms with Crippen molar-refractivity contribution in [1.82, 2.24) is 5.32 Å². The summed E-state index contributed by atoms with van der Waals surface area (Å²) < 4.78 is 4.84. The predicted molar refractivity (Wildman–Crippen MR) is 59.2 cm³/mol. The molecule has 0 fully saturated rings. The number of carboxylic acid groups (broad SMARTS) is 1. The van der Waals surface area contributed by atoms with Crippen LogP contribution in [0.25, 0.3) is 0 Å². The summed E-state index contributed by atoms with van der Waals surface area (Å²) in [6.45, 7) is 4.99. The van der Waals surface area contributed by atoms with E-state index in [1.807, 2.05) is 5.32 Å². The lowest BCUT2D eigenvalue weighted by Gasteiger charge is -2.19. The average Bonchev–Trinajstić information content (AvgIpc) is 2.10. The number of rotatable bonds is 4. The van der Waals surface area contributed by atoms with Crippen molar-refractivity contribution in [3.05, 3.63) is 0 Å². The third-order valence-corrected chi connectivity index (χ3v) is 1.64. The van der Waals surface area contributed by atoms with Gasteiger partial charge in [-0.25, -0.2) is 4.79 Å². The van der Waals surface area contributed by atoms with E-state index in [0.717, 1.165) is 0 Å². The maximum atomic E-state index is 11.2. The molecule has 0 spiro atoms. The number of ether oxygens (including phenoxy) is 1. The standard InChI is InChI=1S/C10H18N2O5/c1-10(2,3)17-9(16)12-7(13)5-4-6(11)8(14)15/h6H,4-5,11H2,1-3H3,(H,14,15)(H,12,13,16)/t6-/m1/s1. The molecular weight excluding hydrogens is 228 g/mol. The highest BCUT2D eigenvalue weighted by atomic mass is 16.6. The zero-order valence-electron chi connectivity index (χ0n) is 10.1. The molecule has 7 nitrogen and oxygen atoms in total. The molecule has 7 heteroatoms. The molecule has 4 N–H and O–H groups in total. The van der Waals surface area contributed by atoms with Crippen molar-refractivity contribution in [2.45, 2.75) is 45.3 Å². The Morgan fingerprint density at radius 2 is 1.88 bits per heavy atom. The molecule has 0 aromatic rings. The molecular formula is C10H18N2O5. The van der Waals surface area contributed by atoms with Crippen LogP contribution in [0.1, 0.15) is 33.6 Å². The minimum atomic E-state index is -1.19. The minimum Gasteiger partial charge on any atom is -0.480 e. The first-order chi connectivity index (χ1) is 7.61. The van der Waals surface area contributed by atoms with Gasteiger partial charge in [-0.3, -0.25) is 14.9 Å². The number of carbonyl (C=O) groups is 3. The zero-order chi connectivity index (χ0) is 13.6. The van der Waals surface area contributed by atoms with Gasteiger partial charge in [0.05, 0.1) is 0 Å². The number of carboxylic acids is 1. The summed E-state index contributed by atoms with van der Waals surface area (Å²) in [6.07, 6.45) is -1.04. The third kappa shape index (κ3) is 8.21. The second kappa shape index (κ2) is 6.19. The number of alkyl carbamates (subject to hydrolysis) is 1. The predicted octanol–water partition coefficient (Wildman–Crippen LogP) is 0.230. The molecule has 17 heavy (non-hydrogen) atoms. The number of nitrogens with two attached hydrogens (primary N) is 1. The van der Waals surface area contributed by atoms with Gasteiger partial charge in [-0.2, -0.15) is 0 Å². The summed E-state index contributed by atoms with van der Waals surface area (Å²) in [7, 11) is 0. The van der Waals surface area contributed by atoms with Gasteiger partial charge < -0.3 is 15.6 Å². The zero-order valence-corrected chi connectivity index (χ0v) is 10.1. The van der Waals surface area contributed by atoms with Crippen LogP contribution in [-0.4, -0.2) is 34.7 Å². The molecule has 0 saturated heterocycles. The normalized spacial score (nSPS) is 12.7. The number of amides is 2. The molecule has 0 rings (SSSR count). The summed E-state index contributed by atoms with van der Waals surface area (Å²) in [5.41, 5.74) is 4.51. The Hall–Kier alpha value is -1.63. The van der Waals surface area contributed by atoms with Crippen molar-refractivity contribution in [1.29, 1.82) is 0 Å². The number of hydrogen-bond acceptors (Lipinski definition) is 5. The highest BCUT2D eigenvalue weighted by Gasteiger charge is 2.19. The van der Waals surface area contributed by atoms with E-state index in [2.05, 4.69) is 0 Å². The molecule has 1 atom stereocenters. The average molecular weight is 246 g/mol.